The van der Waals surface area contributed by atoms with Crippen LogP contribution in [0.1, 0.15) is 10.4 Å². The van der Waals surface area contributed by atoms with Crippen molar-refractivity contribution in [1.82, 2.24) is 0 Å². The van der Waals surface area contributed by atoms with Crippen molar-refractivity contribution in [2.75, 3.05) is 23.7 Å². The minimum Gasteiger partial charge on any atom is -0.391 e. The van der Waals surface area contributed by atoms with E-state index in [4.69, 9.17) is 0 Å². The highest BCUT2D eigenvalue weighted by atomic mass is 32.2. The summed E-state index contributed by atoms with van der Waals surface area (Å²) >= 11 is 1.24. The Bertz CT molecular complexity index is 736. The molecule has 0 unspecified atom stereocenters. The molecule has 0 aliphatic carbocycles. The zero-order valence-corrected chi connectivity index (χ0v) is 13.8. The van der Waals surface area contributed by atoms with Gasteiger partial charge in [-0.1, -0.05) is 12.1 Å². The van der Waals surface area contributed by atoms with Gasteiger partial charge in [-0.15, -0.1) is 11.3 Å². The Balaban J connectivity index is 2.45. The summed E-state index contributed by atoms with van der Waals surface area (Å²) in [4.78, 5) is 2.46. The van der Waals surface area contributed by atoms with E-state index >= 15 is 0 Å². The Morgan fingerprint density at radius 3 is 2.57 bits per heavy atom. The number of nitrogens with zero attached hydrogens (tertiary/aromatic N) is 1. The van der Waals surface area contributed by atoms with Gasteiger partial charge in [-0.3, -0.25) is 4.72 Å². The molecule has 114 valence electrons. The lowest BCUT2D eigenvalue weighted by Gasteiger charge is -2.18. The highest BCUT2D eigenvalue weighted by molar-refractivity contribution is 7.93. The molecule has 0 fully saturated rings. The third-order valence-electron chi connectivity index (χ3n) is 3.03. The van der Waals surface area contributed by atoms with Crippen LogP contribution in [0.3, 0.4) is 0 Å². The monoisotopic (exact) mass is 326 g/mol. The number of hydrogen-bond acceptors (Lipinski definition) is 5. The number of hydrogen-bond donors (Lipinski definition) is 2. The number of rotatable bonds is 5. The van der Waals surface area contributed by atoms with E-state index in [1.165, 1.54) is 11.3 Å². The van der Waals surface area contributed by atoms with E-state index in [2.05, 4.69) is 4.72 Å². The van der Waals surface area contributed by atoms with Crippen LogP contribution in [0.4, 0.5) is 11.4 Å². The fourth-order valence-corrected chi connectivity index (χ4v) is 4.84. The predicted octanol–water partition coefficient (Wildman–Crippen LogP) is 2.42. The summed E-state index contributed by atoms with van der Waals surface area (Å²) in [5.41, 5.74) is 1.93. The van der Waals surface area contributed by atoms with Crippen LogP contribution in [0.25, 0.3) is 0 Å². The van der Waals surface area contributed by atoms with Crippen molar-refractivity contribution in [3.63, 3.8) is 0 Å². The lowest BCUT2D eigenvalue weighted by atomic mass is 10.2. The molecule has 0 radical (unpaired) electrons. The highest BCUT2D eigenvalue weighted by Crippen LogP contribution is 2.31. The molecular weight excluding hydrogens is 308 g/mol. The van der Waals surface area contributed by atoms with E-state index in [9.17, 15) is 13.5 Å². The number of para-hydroxylation sites is 2. The molecule has 21 heavy (non-hydrogen) atoms. The molecule has 0 saturated carbocycles. The molecule has 0 amide bonds. The van der Waals surface area contributed by atoms with Crippen LogP contribution in [0, 0.1) is 6.92 Å². The maximum Gasteiger partial charge on any atom is 0.263 e. The smallest absolute Gasteiger partial charge is 0.263 e. The van der Waals surface area contributed by atoms with Gasteiger partial charge in [0.15, 0.2) is 0 Å². The number of thiophene rings is 1. The van der Waals surface area contributed by atoms with Gasteiger partial charge in [0.25, 0.3) is 10.0 Å². The maximum absolute atomic E-state index is 12.6. The molecule has 2 aromatic rings. The molecule has 1 aromatic carbocycles. The molecule has 0 spiro atoms. The first-order valence-corrected chi connectivity index (χ1v) is 8.70. The first kappa shape index (κ1) is 15.8. The van der Waals surface area contributed by atoms with Crippen molar-refractivity contribution < 1.29 is 13.5 Å². The summed E-state index contributed by atoms with van der Waals surface area (Å²) in [6, 6.07) is 7.18. The number of nitrogens with one attached hydrogen (secondary N) is 1. The minimum atomic E-state index is -3.73. The minimum absolute atomic E-state index is 0.170. The second-order valence-corrected chi connectivity index (χ2v) is 7.43. The van der Waals surface area contributed by atoms with Crippen molar-refractivity contribution in [1.29, 1.82) is 0 Å². The molecule has 0 atom stereocenters. The summed E-state index contributed by atoms with van der Waals surface area (Å²) in [5, 5.41) is 11.0. The number of aliphatic hydroxyl groups excluding tert-OH is 1. The average molecular weight is 326 g/mol. The van der Waals surface area contributed by atoms with E-state index in [1.54, 1.807) is 24.4 Å². The molecule has 5 nitrogen and oxygen atoms in total. The summed E-state index contributed by atoms with van der Waals surface area (Å²) < 4.78 is 27.8. The lowest BCUT2D eigenvalue weighted by molar-refractivity contribution is 0.282. The Labute approximate surface area is 128 Å². The molecule has 1 heterocycles. The predicted molar refractivity (Wildman–Crippen MR) is 86.6 cm³/mol. The Morgan fingerprint density at radius 1 is 1.29 bits per heavy atom. The van der Waals surface area contributed by atoms with Crippen molar-refractivity contribution in [2.45, 2.75) is 18.4 Å². The molecule has 0 bridgehead atoms. The Hall–Kier alpha value is -1.57. The lowest BCUT2D eigenvalue weighted by Crippen LogP contribution is -2.18. The zero-order chi connectivity index (χ0) is 15.6. The van der Waals surface area contributed by atoms with Crippen LogP contribution < -0.4 is 9.62 Å². The van der Waals surface area contributed by atoms with Gasteiger partial charge in [0.05, 0.1) is 22.9 Å². The van der Waals surface area contributed by atoms with Crippen LogP contribution in [0.15, 0.2) is 34.5 Å². The summed E-state index contributed by atoms with van der Waals surface area (Å²) in [6.07, 6.45) is 0. The van der Waals surface area contributed by atoms with Gasteiger partial charge in [-0.2, -0.15) is 0 Å². The summed E-state index contributed by atoms with van der Waals surface area (Å²) in [5.74, 6) is 0. The Kier molecular flexibility index (Phi) is 4.55. The second-order valence-electron chi connectivity index (χ2n) is 4.85. The quantitative estimate of drug-likeness (QED) is 0.885. The second kappa shape index (κ2) is 6.05. The molecule has 7 heteroatoms. The van der Waals surface area contributed by atoms with E-state index in [-0.39, 0.29) is 11.5 Å². The number of aliphatic hydroxyl groups is 1. The number of aryl methyl sites for hydroxylation is 1. The largest absolute Gasteiger partial charge is 0.391 e. The van der Waals surface area contributed by atoms with Gasteiger partial charge in [0, 0.05) is 14.1 Å². The van der Waals surface area contributed by atoms with Crippen LogP contribution in [-0.4, -0.2) is 27.6 Å². The van der Waals surface area contributed by atoms with Gasteiger partial charge in [0.2, 0.25) is 0 Å². The third-order valence-corrected chi connectivity index (χ3v) is 5.84. The molecular formula is C14H18N2O3S2. The fourth-order valence-electron chi connectivity index (χ4n) is 2.10. The first-order chi connectivity index (χ1) is 9.86. The molecule has 0 aliphatic heterocycles. The average Bonchev–Trinajstić information content (AvgIpc) is 2.80. The zero-order valence-electron chi connectivity index (χ0n) is 12.1. The standard InChI is InChI=1S/C14H18N2O3S2/c1-10-9-20-13(8-17)14(10)21(18,19)15-11-6-4-5-7-12(11)16(2)3/h4-7,9,15,17H,8H2,1-3H3. The van der Waals surface area contributed by atoms with Crippen LogP contribution in [-0.2, 0) is 16.6 Å². The topological polar surface area (TPSA) is 69.6 Å². The van der Waals surface area contributed by atoms with Gasteiger partial charge in [0.1, 0.15) is 4.90 Å². The maximum atomic E-state index is 12.6. The summed E-state index contributed by atoms with van der Waals surface area (Å²) in [6.45, 7) is 1.44. The normalized spacial score (nSPS) is 11.4. The SMILES string of the molecule is Cc1csc(CO)c1S(=O)(=O)Nc1ccccc1N(C)C. The highest BCUT2D eigenvalue weighted by Gasteiger charge is 2.23. The van der Waals surface area contributed by atoms with Crippen molar-refractivity contribution in [3.05, 3.63) is 40.1 Å². The van der Waals surface area contributed by atoms with Gasteiger partial charge in [-0.25, -0.2) is 8.42 Å². The van der Waals surface area contributed by atoms with Crippen molar-refractivity contribution >= 4 is 32.7 Å². The van der Waals surface area contributed by atoms with Crippen LogP contribution >= 0.6 is 11.3 Å². The molecule has 1 aromatic heterocycles. The van der Waals surface area contributed by atoms with Crippen molar-refractivity contribution in [2.24, 2.45) is 0 Å². The van der Waals surface area contributed by atoms with E-state index < -0.39 is 10.0 Å². The van der Waals surface area contributed by atoms with E-state index in [0.29, 0.717) is 16.1 Å². The van der Waals surface area contributed by atoms with Gasteiger partial charge in [-0.05, 0) is 30.0 Å². The number of sulfonamides is 1. The summed E-state index contributed by atoms with van der Waals surface area (Å²) in [7, 11) is -0.0270. The molecule has 2 N–H and O–H groups in total. The van der Waals surface area contributed by atoms with Crippen molar-refractivity contribution in [3.8, 4) is 0 Å². The molecule has 2 rings (SSSR count). The van der Waals surface area contributed by atoms with Crippen LogP contribution in [0.5, 0.6) is 0 Å². The fraction of sp³-hybridized carbons (Fsp3) is 0.286. The van der Waals surface area contributed by atoms with E-state index in [1.807, 2.05) is 31.1 Å². The molecule has 0 saturated heterocycles. The third kappa shape index (κ3) is 3.20. The van der Waals surface area contributed by atoms with E-state index in [0.717, 1.165) is 5.69 Å². The number of benzene rings is 1. The number of anilines is 2. The first-order valence-electron chi connectivity index (χ1n) is 6.34. The van der Waals surface area contributed by atoms with Gasteiger partial charge >= 0.3 is 0 Å². The van der Waals surface area contributed by atoms with Crippen LogP contribution in [0.2, 0.25) is 0 Å². The molecule has 0 aliphatic rings. The Morgan fingerprint density at radius 2 is 1.95 bits per heavy atom. The van der Waals surface area contributed by atoms with Gasteiger partial charge < -0.3 is 10.0 Å².